The zero-order valence-electron chi connectivity index (χ0n) is 18.5. The Morgan fingerprint density at radius 3 is 2.55 bits per heavy atom. The average Bonchev–Trinajstić information content (AvgIpc) is 2.91. The maximum absolute atomic E-state index is 13.1. The molecule has 1 unspecified atom stereocenters. The summed E-state index contributed by atoms with van der Waals surface area (Å²) < 4.78 is 1.39. The zero-order valence-corrected chi connectivity index (χ0v) is 19.3. The monoisotopic (exact) mass is 444 g/mol. The van der Waals surface area contributed by atoms with Crippen LogP contribution in [0.2, 0.25) is 0 Å². The van der Waals surface area contributed by atoms with Crippen LogP contribution in [0.3, 0.4) is 0 Å². The van der Waals surface area contributed by atoms with Crippen LogP contribution >= 0.6 is 11.3 Å². The number of aryl methyl sites for hydroxylation is 1. The molecule has 2 aromatic heterocycles. The van der Waals surface area contributed by atoms with E-state index in [1.54, 1.807) is 0 Å². The Bertz CT molecular complexity index is 1020. The number of rotatable bonds is 4. The molecule has 2 aliphatic rings. The first-order valence-electron chi connectivity index (χ1n) is 11.5. The Morgan fingerprint density at radius 1 is 1.13 bits per heavy atom. The standard InChI is InChI=1S/C23H32N4O3S/c1-15-9-7-8-12-27(15)18(28)13-26-14-24-22-19(23(26)30)16(2)20(31-22)21(29)25-17-10-5-3-4-6-11-17/h14-15,17H,3-13H2,1-2H3,(H,25,29). The molecule has 1 N–H and O–H groups in total. The number of hydrogen-bond acceptors (Lipinski definition) is 5. The van der Waals surface area contributed by atoms with Gasteiger partial charge in [0.05, 0.1) is 16.6 Å². The first kappa shape index (κ1) is 22.0. The highest BCUT2D eigenvalue weighted by Gasteiger charge is 2.25. The van der Waals surface area contributed by atoms with Crippen LogP contribution in [0.4, 0.5) is 0 Å². The van der Waals surface area contributed by atoms with Gasteiger partial charge in [0, 0.05) is 18.6 Å². The van der Waals surface area contributed by atoms with Crippen molar-refractivity contribution in [1.29, 1.82) is 0 Å². The number of amides is 2. The molecular formula is C23H32N4O3S. The first-order valence-corrected chi connectivity index (χ1v) is 12.4. The summed E-state index contributed by atoms with van der Waals surface area (Å²) in [6, 6.07) is 0.407. The average molecular weight is 445 g/mol. The topological polar surface area (TPSA) is 84.3 Å². The summed E-state index contributed by atoms with van der Waals surface area (Å²) in [6.45, 7) is 4.60. The lowest BCUT2D eigenvalue weighted by Gasteiger charge is -2.33. The molecule has 2 aromatic rings. The second-order valence-corrected chi connectivity index (χ2v) is 10.0. The largest absolute Gasteiger partial charge is 0.349 e. The fourth-order valence-electron chi connectivity index (χ4n) is 4.87. The molecule has 1 atom stereocenters. The summed E-state index contributed by atoms with van der Waals surface area (Å²) in [7, 11) is 0. The molecule has 0 spiro atoms. The van der Waals surface area contributed by atoms with Gasteiger partial charge >= 0.3 is 0 Å². The van der Waals surface area contributed by atoms with Gasteiger partial charge in [0.25, 0.3) is 11.5 Å². The van der Waals surface area contributed by atoms with Crippen LogP contribution in [-0.4, -0.2) is 44.9 Å². The van der Waals surface area contributed by atoms with Crippen molar-refractivity contribution in [2.45, 2.75) is 90.3 Å². The third kappa shape index (κ3) is 4.68. The van der Waals surface area contributed by atoms with Gasteiger partial charge in [0.2, 0.25) is 5.91 Å². The molecule has 168 valence electrons. The molecule has 3 heterocycles. The van der Waals surface area contributed by atoms with E-state index in [0.29, 0.717) is 20.7 Å². The predicted molar refractivity (Wildman–Crippen MR) is 123 cm³/mol. The number of nitrogens with one attached hydrogen (secondary N) is 1. The van der Waals surface area contributed by atoms with E-state index in [1.807, 2.05) is 11.8 Å². The molecule has 0 radical (unpaired) electrons. The van der Waals surface area contributed by atoms with E-state index in [0.717, 1.165) is 51.5 Å². The SMILES string of the molecule is Cc1c(C(=O)NC2CCCCCC2)sc2ncn(CC(=O)N3CCCCC3C)c(=O)c12. The second kappa shape index (κ2) is 9.51. The van der Waals surface area contributed by atoms with Gasteiger partial charge < -0.3 is 10.2 Å². The van der Waals surface area contributed by atoms with Crippen molar-refractivity contribution >= 4 is 33.4 Å². The Balaban J connectivity index is 1.55. The molecule has 31 heavy (non-hydrogen) atoms. The number of likely N-dealkylation sites (tertiary alicyclic amines) is 1. The Labute approximate surface area is 186 Å². The van der Waals surface area contributed by atoms with Gasteiger partial charge in [-0.3, -0.25) is 19.0 Å². The Morgan fingerprint density at radius 2 is 1.84 bits per heavy atom. The van der Waals surface area contributed by atoms with Gasteiger partial charge in [-0.1, -0.05) is 25.7 Å². The molecule has 1 aliphatic heterocycles. The van der Waals surface area contributed by atoms with E-state index in [-0.39, 0.29) is 36.0 Å². The van der Waals surface area contributed by atoms with Gasteiger partial charge in [0.15, 0.2) is 0 Å². The van der Waals surface area contributed by atoms with Crippen LogP contribution in [0.25, 0.3) is 10.2 Å². The van der Waals surface area contributed by atoms with Crippen molar-refractivity contribution in [2.24, 2.45) is 0 Å². The van der Waals surface area contributed by atoms with Crippen molar-refractivity contribution in [1.82, 2.24) is 19.8 Å². The lowest BCUT2D eigenvalue weighted by Crippen LogP contribution is -2.44. The summed E-state index contributed by atoms with van der Waals surface area (Å²) in [5, 5.41) is 3.62. The smallest absolute Gasteiger partial charge is 0.262 e. The van der Waals surface area contributed by atoms with Gasteiger partial charge in [-0.2, -0.15) is 0 Å². The molecule has 7 nitrogen and oxygen atoms in total. The lowest BCUT2D eigenvalue weighted by molar-refractivity contribution is -0.135. The Hall–Kier alpha value is -2.22. The number of piperidine rings is 1. The van der Waals surface area contributed by atoms with Crippen molar-refractivity contribution in [3.8, 4) is 0 Å². The number of fused-ring (bicyclic) bond motifs is 1. The van der Waals surface area contributed by atoms with Crippen LogP contribution in [-0.2, 0) is 11.3 Å². The molecule has 4 rings (SSSR count). The molecule has 2 fully saturated rings. The number of thiophene rings is 1. The zero-order chi connectivity index (χ0) is 22.0. The van der Waals surface area contributed by atoms with Gasteiger partial charge in [-0.05, 0) is 51.5 Å². The van der Waals surface area contributed by atoms with Crippen LogP contribution in [0.5, 0.6) is 0 Å². The number of carbonyl (C=O) groups excluding carboxylic acids is 2. The maximum atomic E-state index is 13.1. The summed E-state index contributed by atoms with van der Waals surface area (Å²) in [6.07, 6.45) is 11.4. The summed E-state index contributed by atoms with van der Waals surface area (Å²) in [5.41, 5.74) is 0.419. The van der Waals surface area contributed by atoms with E-state index in [4.69, 9.17) is 0 Å². The maximum Gasteiger partial charge on any atom is 0.262 e. The number of nitrogens with zero attached hydrogens (tertiary/aromatic N) is 3. The van der Waals surface area contributed by atoms with Gasteiger partial charge in [0.1, 0.15) is 11.4 Å². The summed E-state index contributed by atoms with van der Waals surface area (Å²) in [4.78, 5) is 46.3. The van der Waals surface area contributed by atoms with Crippen LogP contribution < -0.4 is 10.9 Å². The number of aromatic nitrogens is 2. The van der Waals surface area contributed by atoms with Crippen molar-refractivity contribution < 1.29 is 9.59 Å². The first-order chi connectivity index (χ1) is 15.0. The van der Waals surface area contributed by atoms with Gasteiger partial charge in [-0.25, -0.2) is 4.98 Å². The number of hydrogen-bond donors (Lipinski definition) is 1. The number of carbonyl (C=O) groups is 2. The molecule has 0 aromatic carbocycles. The molecule has 1 aliphatic carbocycles. The minimum absolute atomic E-state index is 0.00892. The highest BCUT2D eigenvalue weighted by atomic mass is 32.1. The predicted octanol–water partition coefficient (Wildman–Crippen LogP) is 3.62. The minimum atomic E-state index is -0.245. The molecule has 1 saturated carbocycles. The van der Waals surface area contributed by atoms with E-state index < -0.39 is 0 Å². The quantitative estimate of drug-likeness (QED) is 0.730. The third-order valence-electron chi connectivity index (χ3n) is 6.74. The van der Waals surface area contributed by atoms with Crippen molar-refractivity contribution in [2.75, 3.05) is 6.54 Å². The highest BCUT2D eigenvalue weighted by molar-refractivity contribution is 7.20. The normalized spacial score (nSPS) is 20.6. The molecule has 1 saturated heterocycles. The van der Waals surface area contributed by atoms with E-state index >= 15 is 0 Å². The minimum Gasteiger partial charge on any atom is -0.349 e. The van der Waals surface area contributed by atoms with E-state index in [9.17, 15) is 14.4 Å². The van der Waals surface area contributed by atoms with E-state index in [2.05, 4.69) is 17.2 Å². The van der Waals surface area contributed by atoms with E-state index in [1.165, 1.54) is 35.1 Å². The van der Waals surface area contributed by atoms with Crippen LogP contribution in [0, 0.1) is 6.92 Å². The van der Waals surface area contributed by atoms with Crippen molar-refractivity contribution in [3.05, 3.63) is 27.1 Å². The highest BCUT2D eigenvalue weighted by Crippen LogP contribution is 2.27. The van der Waals surface area contributed by atoms with Gasteiger partial charge in [-0.15, -0.1) is 11.3 Å². The van der Waals surface area contributed by atoms with Crippen molar-refractivity contribution in [3.63, 3.8) is 0 Å². The summed E-state index contributed by atoms with van der Waals surface area (Å²) >= 11 is 1.26. The Kier molecular flexibility index (Phi) is 6.74. The van der Waals surface area contributed by atoms with Crippen LogP contribution in [0.15, 0.2) is 11.1 Å². The third-order valence-corrected chi connectivity index (χ3v) is 7.94. The molecule has 0 bridgehead atoms. The lowest BCUT2D eigenvalue weighted by atomic mass is 10.0. The summed E-state index contributed by atoms with van der Waals surface area (Å²) in [5.74, 6) is -0.161. The molecule has 2 amide bonds. The molecule has 8 heteroatoms. The fourth-order valence-corrected chi connectivity index (χ4v) is 5.91. The molecular weight excluding hydrogens is 412 g/mol. The second-order valence-electron chi connectivity index (χ2n) is 9.01. The fraction of sp³-hybridized carbons (Fsp3) is 0.652. The van der Waals surface area contributed by atoms with Crippen LogP contribution in [0.1, 0.15) is 79.9 Å².